The fourth-order valence-electron chi connectivity index (χ4n) is 2.49. The van der Waals surface area contributed by atoms with Crippen LogP contribution in [0.4, 0.5) is 0 Å². The molecule has 0 radical (unpaired) electrons. The Labute approximate surface area is 111 Å². The van der Waals surface area contributed by atoms with E-state index in [2.05, 4.69) is 25.8 Å². The van der Waals surface area contributed by atoms with E-state index in [1.165, 1.54) is 6.42 Å². The van der Waals surface area contributed by atoms with Crippen molar-refractivity contribution < 1.29 is 4.79 Å². The van der Waals surface area contributed by atoms with E-state index in [1.54, 1.807) is 0 Å². The van der Waals surface area contributed by atoms with Gasteiger partial charge >= 0.3 is 0 Å². The molecule has 1 fully saturated rings. The zero-order valence-corrected chi connectivity index (χ0v) is 12.5. The second-order valence-electron chi connectivity index (χ2n) is 6.27. The summed E-state index contributed by atoms with van der Waals surface area (Å²) < 4.78 is 0. The first-order chi connectivity index (χ1) is 8.32. The Morgan fingerprint density at radius 2 is 2.00 bits per heavy atom. The third-order valence-corrected chi connectivity index (χ3v) is 3.85. The van der Waals surface area contributed by atoms with Crippen LogP contribution in [0.2, 0.25) is 0 Å². The molecule has 4 heteroatoms. The van der Waals surface area contributed by atoms with Gasteiger partial charge in [-0.2, -0.15) is 0 Å². The molecule has 2 atom stereocenters. The van der Waals surface area contributed by atoms with Gasteiger partial charge in [0.2, 0.25) is 5.91 Å². The van der Waals surface area contributed by atoms with Crippen molar-refractivity contribution in [1.29, 1.82) is 0 Å². The summed E-state index contributed by atoms with van der Waals surface area (Å²) in [5.74, 6) is 0.903. The topological polar surface area (TPSA) is 49.6 Å². The SMILES string of the molecule is CC(C)C(N)C(=O)N(CC1CCN(C)C1)C(C)C. The van der Waals surface area contributed by atoms with Gasteiger partial charge in [-0.3, -0.25) is 4.79 Å². The van der Waals surface area contributed by atoms with Crippen LogP contribution >= 0.6 is 0 Å². The molecule has 0 aromatic carbocycles. The highest BCUT2D eigenvalue weighted by Crippen LogP contribution is 2.18. The molecule has 0 aromatic heterocycles. The molecule has 0 aliphatic carbocycles. The molecular weight excluding hydrogens is 226 g/mol. The van der Waals surface area contributed by atoms with Gasteiger partial charge in [0.05, 0.1) is 6.04 Å². The zero-order chi connectivity index (χ0) is 13.9. The summed E-state index contributed by atoms with van der Waals surface area (Å²) >= 11 is 0. The number of hydrogen-bond acceptors (Lipinski definition) is 3. The van der Waals surface area contributed by atoms with Gasteiger partial charge in [-0.05, 0) is 45.7 Å². The predicted molar refractivity (Wildman–Crippen MR) is 75.3 cm³/mol. The summed E-state index contributed by atoms with van der Waals surface area (Å²) in [6.45, 7) is 11.2. The van der Waals surface area contributed by atoms with E-state index in [9.17, 15) is 4.79 Å². The second-order valence-corrected chi connectivity index (χ2v) is 6.27. The molecule has 1 saturated heterocycles. The normalized spacial score (nSPS) is 22.8. The third kappa shape index (κ3) is 3.95. The molecule has 0 aromatic rings. The molecule has 1 amide bonds. The van der Waals surface area contributed by atoms with E-state index in [-0.39, 0.29) is 23.9 Å². The maximum atomic E-state index is 12.4. The number of amides is 1. The summed E-state index contributed by atoms with van der Waals surface area (Å²) in [7, 11) is 2.14. The van der Waals surface area contributed by atoms with Gasteiger partial charge in [0.1, 0.15) is 0 Å². The molecule has 1 rings (SSSR count). The van der Waals surface area contributed by atoms with E-state index in [0.717, 1.165) is 19.6 Å². The molecule has 2 N–H and O–H groups in total. The Morgan fingerprint density at radius 1 is 1.39 bits per heavy atom. The number of carbonyl (C=O) groups excluding carboxylic acids is 1. The molecule has 18 heavy (non-hydrogen) atoms. The average Bonchev–Trinajstić information content (AvgIpc) is 2.69. The molecule has 4 nitrogen and oxygen atoms in total. The van der Waals surface area contributed by atoms with E-state index >= 15 is 0 Å². The van der Waals surface area contributed by atoms with Crippen molar-refractivity contribution in [1.82, 2.24) is 9.80 Å². The summed E-state index contributed by atoms with van der Waals surface area (Å²) in [6, 6.07) is -0.139. The summed E-state index contributed by atoms with van der Waals surface area (Å²) in [5.41, 5.74) is 6.00. The summed E-state index contributed by atoms with van der Waals surface area (Å²) in [6.07, 6.45) is 1.18. The highest BCUT2D eigenvalue weighted by atomic mass is 16.2. The van der Waals surface area contributed by atoms with Gasteiger partial charge in [-0.15, -0.1) is 0 Å². The van der Waals surface area contributed by atoms with Crippen molar-refractivity contribution in [3.8, 4) is 0 Å². The maximum Gasteiger partial charge on any atom is 0.239 e. The van der Waals surface area contributed by atoms with Crippen molar-refractivity contribution in [3.63, 3.8) is 0 Å². The fraction of sp³-hybridized carbons (Fsp3) is 0.929. The van der Waals surface area contributed by atoms with Crippen molar-refractivity contribution in [2.75, 3.05) is 26.7 Å². The molecule has 106 valence electrons. The first-order valence-electron chi connectivity index (χ1n) is 7.07. The predicted octanol–water partition coefficient (Wildman–Crippen LogP) is 1.16. The van der Waals surface area contributed by atoms with Gasteiger partial charge in [0.25, 0.3) is 0 Å². The molecule has 1 aliphatic heterocycles. The van der Waals surface area contributed by atoms with Crippen LogP contribution in [0.15, 0.2) is 0 Å². The number of nitrogens with two attached hydrogens (primary N) is 1. The maximum absolute atomic E-state index is 12.4. The lowest BCUT2D eigenvalue weighted by Gasteiger charge is -2.32. The van der Waals surface area contributed by atoms with Crippen LogP contribution in [0.1, 0.15) is 34.1 Å². The van der Waals surface area contributed by atoms with Crippen LogP contribution in [0.5, 0.6) is 0 Å². The second kappa shape index (κ2) is 6.53. The highest BCUT2D eigenvalue weighted by molar-refractivity contribution is 5.82. The van der Waals surface area contributed by atoms with Crippen molar-refractivity contribution in [2.24, 2.45) is 17.6 Å². The van der Waals surface area contributed by atoms with Crippen molar-refractivity contribution in [2.45, 2.75) is 46.2 Å². The molecular formula is C14H29N3O. The van der Waals surface area contributed by atoms with Crippen LogP contribution < -0.4 is 5.73 Å². The average molecular weight is 255 g/mol. The van der Waals surface area contributed by atoms with Crippen LogP contribution in [-0.2, 0) is 4.79 Å². The quantitative estimate of drug-likeness (QED) is 0.802. The van der Waals surface area contributed by atoms with Crippen LogP contribution in [-0.4, -0.2) is 54.5 Å². The third-order valence-electron chi connectivity index (χ3n) is 3.85. The van der Waals surface area contributed by atoms with Crippen molar-refractivity contribution >= 4 is 5.91 Å². The van der Waals surface area contributed by atoms with Gasteiger partial charge < -0.3 is 15.5 Å². The van der Waals surface area contributed by atoms with Crippen LogP contribution in [0.25, 0.3) is 0 Å². The van der Waals surface area contributed by atoms with E-state index < -0.39 is 0 Å². The minimum absolute atomic E-state index is 0.106. The Morgan fingerprint density at radius 3 is 2.39 bits per heavy atom. The van der Waals surface area contributed by atoms with Gasteiger partial charge in [-0.25, -0.2) is 0 Å². The number of nitrogens with zero attached hydrogens (tertiary/aromatic N) is 2. The molecule has 1 heterocycles. The van der Waals surface area contributed by atoms with Gasteiger partial charge in [0.15, 0.2) is 0 Å². The van der Waals surface area contributed by atoms with E-state index in [1.807, 2.05) is 18.7 Å². The summed E-state index contributed by atoms with van der Waals surface area (Å²) in [4.78, 5) is 16.7. The minimum Gasteiger partial charge on any atom is -0.339 e. The molecule has 2 unspecified atom stereocenters. The molecule has 1 aliphatic rings. The smallest absolute Gasteiger partial charge is 0.239 e. The Balaban J connectivity index is 2.62. The number of carbonyl (C=O) groups is 1. The highest BCUT2D eigenvalue weighted by Gasteiger charge is 2.29. The Bertz CT molecular complexity index is 278. The number of rotatable bonds is 5. The van der Waals surface area contributed by atoms with Crippen LogP contribution in [0, 0.1) is 11.8 Å². The number of likely N-dealkylation sites (tertiary alicyclic amines) is 1. The molecule has 0 spiro atoms. The fourth-order valence-corrected chi connectivity index (χ4v) is 2.49. The standard InChI is InChI=1S/C14H29N3O/c1-10(2)13(15)14(18)17(11(3)4)9-12-6-7-16(5)8-12/h10-13H,6-9,15H2,1-5H3. The monoisotopic (exact) mass is 255 g/mol. The first-order valence-corrected chi connectivity index (χ1v) is 7.07. The summed E-state index contributed by atoms with van der Waals surface area (Å²) in [5, 5.41) is 0. The van der Waals surface area contributed by atoms with Crippen molar-refractivity contribution in [3.05, 3.63) is 0 Å². The van der Waals surface area contributed by atoms with Gasteiger partial charge in [-0.1, -0.05) is 13.8 Å². The van der Waals surface area contributed by atoms with Gasteiger partial charge in [0, 0.05) is 19.1 Å². The zero-order valence-electron chi connectivity index (χ0n) is 12.5. The van der Waals surface area contributed by atoms with E-state index in [4.69, 9.17) is 5.73 Å². The Kier molecular flexibility index (Phi) is 5.60. The Hall–Kier alpha value is -0.610. The lowest BCUT2D eigenvalue weighted by atomic mass is 10.0. The first kappa shape index (κ1) is 15.4. The lowest BCUT2D eigenvalue weighted by Crippen LogP contribution is -2.50. The lowest BCUT2D eigenvalue weighted by molar-refractivity contribution is -0.136. The van der Waals surface area contributed by atoms with E-state index in [0.29, 0.717) is 5.92 Å². The number of hydrogen-bond donors (Lipinski definition) is 1. The minimum atomic E-state index is -0.369. The van der Waals surface area contributed by atoms with Crippen LogP contribution in [0.3, 0.4) is 0 Å². The molecule has 0 bridgehead atoms. The molecule has 0 saturated carbocycles. The largest absolute Gasteiger partial charge is 0.339 e.